The number of carboxylic acid groups (broad SMARTS) is 1. The van der Waals surface area contributed by atoms with Crippen LogP contribution >= 0.6 is 0 Å². The van der Waals surface area contributed by atoms with Crippen molar-refractivity contribution in [1.29, 1.82) is 0 Å². The van der Waals surface area contributed by atoms with Crippen molar-refractivity contribution in [3.8, 4) is 0 Å². The molecule has 0 heterocycles. The van der Waals surface area contributed by atoms with E-state index in [1.54, 1.807) is 0 Å². The summed E-state index contributed by atoms with van der Waals surface area (Å²) in [7, 11) is 0. The second kappa shape index (κ2) is 3.01. The van der Waals surface area contributed by atoms with Crippen LogP contribution in [0.2, 0.25) is 0 Å². The second-order valence-corrected chi connectivity index (χ2v) is 2.10. The third-order valence-corrected chi connectivity index (χ3v) is 1.43. The van der Waals surface area contributed by atoms with E-state index in [0.717, 1.165) is 0 Å². The molecule has 52 valence electrons. The molecule has 0 aliphatic heterocycles. The van der Waals surface area contributed by atoms with E-state index in [2.05, 4.69) is 24.3 Å². The zero-order valence-corrected chi connectivity index (χ0v) is 5.45. The maximum atomic E-state index is 8.36. The molecule has 2 aliphatic carbocycles. The van der Waals surface area contributed by atoms with E-state index in [4.69, 9.17) is 9.90 Å². The molecular formula is C8H8O2. The van der Waals surface area contributed by atoms with Gasteiger partial charge in [0.25, 0.3) is 6.47 Å². The molecule has 2 heteroatoms. The van der Waals surface area contributed by atoms with Crippen LogP contribution in [0.3, 0.4) is 0 Å². The highest BCUT2D eigenvalue weighted by atomic mass is 16.3. The first-order valence-corrected chi connectivity index (χ1v) is 3.02. The Morgan fingerprint density at radius 2 is 1.70 bits per heavy atom. The molecule has 0 radical (unpaired) electrons. The van der Waals surface area contributed by atoms with Gasteiger partial charge in [-0.1, -0.05) is 24.3 Å². The predicted octanol–water partition coefficient (Wildman–Crippen LogP) is 1.51. The highest BCUT2D eigenvalue weighted by Gasteiger charge is 2.07. The number of hydrogen-bond acceptors (Lipinski definition) is 1. The maximum absolute atomic E-state index is 8.36. The largest absolute Gasteiger partial charge is 0.483 e. The lowest BCUT2D eigenvalue weighted by molar-refractivity contribution is -0.122. The zero-order chi connectivity index (χ0) is 7.40. The van der Waals surface area contributed by atoms with Crippen LogP contribution in [-0.4, -0.2) is 11.6 Å². The Hall–Kier alpha value is -1.31. The SMILES string of the molecule is C1=CC2=CC=C1C2.O=CO. The standard InChI is InChI=1S/C7H6.CH2O2/c1-2-7-4-3-6(1)5-7;2-1-3/h1-4H,5H2;1H,(H,2,3). The molecule has 2 aliphatic rings. The van der Waals surface area contributed by atoms with Gasteiger partial charge in [-0.25, -0.2) is 0 Å². The Balaban J connectivity index is 0.000000148. The van der Waals surface area contributed by atoms with Crippen molar-refractivity contribution in [2.24, 2.45) is 0 Å². The highest BCUT2D eigenvalue weighted by molar-refractivity contribution is 5.49. The first-order valence-electron chi connectivity index (χ1n) is 3.02. The lowest BCUT2D eigenvalue weighted by Crippen LogP contribution is -1.59. The molecule has 2 bridgehead atoms. The molecule has 0 fully saturated rings. The first-order chi connectivity index (χ1) is 4.86. The number of rotatable bonds is 0. The van der Waals surface area contributed by atoms with E-state index < -0.39 is 0 Å². The molecule has 0 aromatic carbocycles. The molecule has 0 aromatic rings. The van der Waals surface area contributed by atoms with Crippen molar-refractivity contribution < 1.29 is 9.90 Å². The van der Waals surface area contributed by atoms with Gasteiger partial charge in [-0.05, 0) is 17.6 Å². The van der Waals surface area contributed by atoms with Crippen molar-refractivity contribution in [2.45, 2.75) is 6.42 Å². The summed E-state index contributed by atoms with van der Waals surface area (Å²) in [4.78, 5) is 8.36. The Labute approximate surface area is 59.2 Å². The van der Waals surface area contributed by atoms with Gasteiger partial charge in [0, 0.05) is 0 Å². The summed E-state index contributed by atoms with van der Waals surface area (Å²) in [5, 5.41) is 6.89. The van der Waals surface area contributed by atoms with E-state index in [-0.39, 0.29) is 6.47 Å². The van der Waals surface area contributed by atoms with Crippen LogP contribution in [0.1, 0.15) is 6.42 Å². The lowest BCUT2D eigenvalue weighted by atomic mass is 10.3. The van der Waals surface area contributed by atoms with Gasteiger partial charge in [-0.2, -0.15) is 0 Å². The molecule has 1 N–H and O–H groups in total. The molecule has 0 saturated heterocycles. The quantitative estimate of drug-likeness (QED) is 0.512. The van der Waals surface area contributed by atoms with Gasteiger partial charge in [0.05, 0.1) is 0 Å². The fourth-order valence-corrected chi connectivity index (χ4v) is 1.01. The van der Waals surface area contributed by atoms with E-state index in [1.807, 2.05) is 0 Å². The summed E-state index contributed by atoms with van der Waals surface area (Å²) in [6, 6.07) is 0. The van der Waals surface area contributed by atoms with Gasteiger partial charge in [0.15, 0.2) is 0 Å². The maximum Gasteiger partial charge on any atom is 0.290 e. The average molecular weight is 136 g/mol. The molecule has 2 rings (SSSR count). The Bertz CT molecular complexity index is 201. The monoisotopic (exact) mass is 136 g/mol. The van der Waals surface area contributed by atoms with E-state index in [0.29, 0.717) is 0 Å². The first kappa shape index (κ1) is 6.81. The van der Waals surface area contributed by atoms with Crippen molar-refractivity contribution >= 4 is 6.47 Å². The molecule has 0 amide bonds. The minimum Gasteiger partial charge on any atom is -0.483 e. The van der Waals surface area contributed by atoms with E-state index >= 15 is 0 Å². The van der Waals surface area contributed by atoms with Crippen molar-refractivity contribution in [3.63, 3.8) is 0 Å². The van der Waals surface area contributed by atoms with Crippen molar-refractivity contribution in [2.75, 3.05) is 0 Å². The van der Waals surface area contributed by atoms with Crippen LogP contribution in [0.5, 0.6) is 0 Å². The van der Waals surface area contributed by atoms with Crippen LogP contribution in [0.4, 0.5) is 0 Å². The van der Waals surface area contributed by atoms with Crippen LogP contribution in [0.15, 0.2) is 35.5 Å². The van der Waals surface area contributed by atoms with Crippen LogP contribution in [-0.2, 0) is 4.79 Å². The molecular weight excluding hydrogens is 128 g/mol. The summed E-state index contributed by atoms with van der Waals surface area (Å²) < 4.78 is 0. The van der Waals surface area contributed by atoms with Gasteiger partial charge in [0.1, 0.15) is 0 Å². The van der Waals surface area contributed by atoms with Crippen LogP contribution in [0, 0.1) is 0 Å². The van der Waals surface area contributed by atoms with Crippen molar-refractivity contribution in [1.82, 2.24) is 0 Å². The predicted molar refractivity (Wildman–Crippen MR) is 38.6 cm³/mol. The van der Waals surface area contributed by atoms with Gasteiger partial charge < -0.3 is 5.11 Å². The highest BCUT2D eigenvalue weighted by Crippen LogP contribution is 2.27. The summed E-state index contributed by atoms with van der Waals surface area (Å²) in [6.45, 7) is -0.250. The molecule has 2 nitrogen and oxygen atoms in total. The Morgan fingerprint density at radius 1 is 1.30 bits per heavy atom. The summed E-state index contributed by atoms with van der Waals surface area (Å²) in [6.07, 6.45) is 9.90. The number of allylic oxidation sites excluding steroid dienone is 6. The van der Waals surface area contributed by atoms with Gasteiger partial charge in [-0.15, -0.1) is 0 Å². The van der Waals surface area contributed by atoms with Gasteiger partial charge >= 0.3 is 0 Å². The molecule has 0 unspecified atom stereocenters. The average Bonchev–Trinajstić information content (AvgIpc) is 2.49. The fourth-order valence-electron chi connectivity index (χ4n) is 1.01. The van der Waals surface area contributed by atoms with Gasteiger partial charge in [-0.3, -0.25) is 4.79 Å². The minimum atomic E-state index is -0.250. The lowest BCUT2D eigenvalue weighted by Gasteiger charge is -1.77. The molecule has 0 saturated carbocycles. The number of hydrogen-bond donors (Lipinski definition) is 1. The van der Waals surface area contributed by atoms with Gasteiger partial charge in [0.2, 0.25) is 0 Å². The van der Waals surface area contributed by atoms with Crippen molar-refractivity contribution in [3.05, 3.63) is 35.5 Å². The fraction of sp³-hybridized carbons (Fsp3) is 0.125. The smallest absolute Gasteiger partial charge is 0.290 e. The minimum absolute atomic E-state index is 0.250. The van der Waals surface area contributed by atoms with E-state index in [9.17, 15) is 0 Å². The third kappa shape index (κ3) is 1.35. The molecule has 0 atom stereocenters. The second-order valence-electron chi connectivity index (χ2n) is 2.10. The van der Waals surface area contributed by atoms with Crippen LogP contribution in [0.25, 0.3) is 0 Å². The topological polar surface area (TPSA) is 37.3 Å². The molecule has 0 aromatic heterocycles. The number of fused-ring (bicyclic) bond motifs is 2. The Morgan fingerprint density at radius 3 is 1.80 bits per heavy atom. The number of carbonyl (C=O) groups is 1. The molecule has 0 spiro atoms. The Kier molecular flexibility index (Phi) is 2.05. The normalized spacial score (nSPS) is 17.2. The van der Waals surface area contributed by atoms with E-state index in [1.165, 1.54) is 17.6 Å². The summed E-state index contributed by atoms with van der Waals surface area (Å²) >= 11 is 0. The molecule has 10 heavy (non-hydrogen) atoms. The van der Waals surface area contributed by atoms with Crippen LogP contribution < -0.4 is 0 Å². The summed E-state index contributed by atoms with van der Waals surface area (Å²) in [5.74, 6) is 0. The summed E-state index contributed by atoms with van der Waals surface area (Å²) in [5.41, 5.74) is 2.94. The zero-order valence-electron chi connectivity index (χ0n) is 5.45. The third-order valence-electron chi connectivity index (χ3n) is 1.43.